The third-order valence-corrected chi connectivity index (χ3v) is 10.1. The van der Waals surface area contributed by atoms with E-state index in [2.05, 4.69) is 11.2 Å². The lowest BCUT2D eigenvalue weighted by Gasteiger charge is -2.40. The summed E-state index contributed by atoms with van der Waals surface area (Å²) in [7, 11) is -3.84. The minimum atomic E-state index is -3.84. The van der Waals surface area contributed by atoms with Crippen molar-refractivity contribution in [2.75, 3.05) is 45.1 Å². The number of hydrogen-bond acceptors (Lipinski definition) is 8. The van der Waals surface area contributed by atoms with Crippen LogP contribution in [0.25, 0.3) is 16.5 Å². The lowest BCUT2D eigenvalue weighted by atomic mass is 9.79. The number of fused-ring (bicyclic) bond motifs is 1. The number of piperidine rings is 1. The monoisotopic (exact) mass is 561 g/mol. The maximum absolute atomic E-state index is 13.5. The number of hydroxylamine groups is 1. The number of carbonyl (C=O) groups is 2. The Hall–Kier alpha value is -3.00. The van der Waals surface area contributed by atoms with Crippen molar-refractivity contribution >= 4 is 38.5 Å². The van der Waals surface area contributed by atoms with Crippen LogP contribution in [0.15, 0.2) is 30.5 Å². The van der Waals surface area contributed by atoms with Crippen molar-refractivity contribution in [2.45, 2.75) is 45.3 Å². The number of ether oxygens (including phenoxy) is 2. The van der Waals surface area contributed by atoms with Crippen molar-refractivity contribution in [3.63, 3.8) is 0 Å². The van der Waals surface area contributed by atoms with Gasteiger partial charge in [0.25, 0.3) is 5.91 Å². The molecular formula is C26H35N5O7S. The van der Waals surface area contributed by atoms with Crippen LogP contribution in [0.5, 0.6) is 0 Å². The third kappa shape index (κ3) is 5.67. The highest BCUT2D eigenvalue weighted by molar-refractivity contribution is 7.89. The zero-order valence-corrected chi connectivity index (χ0v) is 22.9. The SMILES string of the molecule is CCn1ncc2ccc(C3=CCN(S(=O)(=O)CC4(C(=O)NO)CCN(C(=O)O[C@H]5CCOC5)CC4)CC3)cc21. The number of carbonyl (C=O) groups excluding carboxylic acids is 2. The zero-order chi connectivity index (χ0) is 27.6. The smallest absolute Gasteiger partial charge is 0.410 e. The van der Waals surface area contributed by atoms with Crippen LogP contribution >= 0.6 is 0 Å². The van der Waals surface area contributed by atoms with E-state index in [4.69, 9.17) is 9.47 Å². The molecule has 0 saturated carbocycles. The molecule has 2 N–H and O–H groups in total. The van der Waals surface area contributed by atoms with Crippen LogP contribution < -0.4 is 5.48 Å². The first-order chi connectivity index (χ1) is 18.7. The maximum Gasteiger partial charge on any atom is 0.410 e. The zero-order valence-electron chi connectivity index (χ0n) is 22.0. The number of benzene rings is 1. The topological polar surface area (TPSA) is 143 Å². The van der Waals surface area contributed by atoms with Crippen molar-refractivity contribution < 1.29 is 32.7 Å². The number of likely N-dealkylation sites (tertiary alicyclic amines) is 1. The van der Waals surface area contributed by atoms with E-state index in [1.165, 1.54) is 9.21 Å². The van der Waals surface area contributed by atoms with E-state index in [-0.39, 0.29) is 45.1 Å². The molecule has 4 heterocycles. The number of sulfonamides is 1. The van der Waals surface area contributed by atoms with Gasteiger partial charge in [-0.1, -0.05) is 18.2 Å². The number of amides is 2. The van der Waals surface area contributed by atoms with Crippen LogP contribution in [-0.2, 0) is 30.8 Å². The molecule has 0 unspecified atom stereocenters. The minimum Gasteiger partial charge on any atom is -0.444 e. The quantitative estimate of drug-likeness (QED) is 0.386. The Morgan fingerprint density at radius 1 is 1.26 bits per heavy atom. The Morgan fingerprint density at radius 3 is 2.69 bits per heavy atom. The van der Waals surface area contributed by atoms with E-state index >= 15 is 0 Å². The van der Waals surface area contributed by atoms with Gasteiger partial charge in [0.05, 0.1) is 36.1 Å². The number of aryl methyl sites for hydroxylation is 1. The molecule has 2 amide bonds. The Labute approximate surface area is 227 Å². The lowest BCUT2D eigenvalue weighted by molar-refractivity contribution is -0.141. The van der Waals surface area contributed by atoms with Gasteiger partial charge in [0, 0.05) is 44.5 Å². The van der Waals surface area contributed by atoms with Crippen molar-refractivity contribution in [3.05, 3.63) is 36.0 Å². The number of aromatic nitrogens is 2. The number of rotatable bonds is 7. The molecule has 212 valence electrons. The summed E-state index contributed by atoms with van der Waals surface area (Å²) in [6.45, 7) is 4.48. The lowest BCUT2D eigenvalue weighted by Crippen LogP contribution is -2.54. The van der Waals surface area contributed by atoms with Gasteiger partial charge in [0.1, 0.15) is 6.10 Å². The van der Waals surface area contributed by atoms with Crippen molar-refractivity contribution in [1.29, 1.82) is 0 Å². The highest BCUT2D eigenvalue weighted by atomic mass is 32.2. The van der Waals surface area contributed by atoms with Gasteiger partial charge in [-0.05, 0) is 43.4 Å². The Morgan fingerprint density at radius 2 is 2.05 bits per heavy atom. The standard InChI is InChI=1S/C26H35N5O7S/c1-2-31-23-15-20(3-4-21(23)16-27-31)19-5-10-30(11-6-19)39(35,36)18-26(24(32)28-34)8-12-29(13-9-26)25(33)38-22-7-14-37-17-22/h3-5,15-16,22,34H,2,6-14,17-18H2,1H3,(H,28,32)/t22-/m0/s1. The number of nitrogens with zero attached hydrogens (tertiary/aromatic N) is 4. The summed E-state index contributed by atoms with van der Waals surface area (Å²) in [6.07, 6.45) is 4.32. The van der Waals surface area contributed by atoms with E-state index in [1.807, 2.05) is 36.0 Å². The van der Waals surface area contributed by atoms with Crippen molar-refractivity contribution in [2.24, 2.45) is 5.41 Å². The second-order valence-corrected chi connectivity index (χ2v) is 12.4. The van der Waals surface area contributed by atoms with Gasteiger partial charge in [0.2, 0.25) is 10.0 Å². The Bertz CT molecular complexity index is 1360. The molecule has 39 heavy (non-hydrogen) atoms. The van der Waals surface area contributed by atoms with Gasteiger partial charge in [0.15, 0.2) is 0 Å². The second-order valence-electron chi connectivity index (χ2n) is 10.4. The predicted octanol–water partition coefficient (Wildman–Crippen LogP) is 1.99. The minimum absolute atomic E-state index is 0.0922. The fourth-order valence-electron chi connectivity index (χ4n) is 5.62. The summed E-state index contributed by atoms with van der Waals surface area (Å²) in [5, 5.41) is 14.9. The summed E-state index contributed by atoms with van der Waals surface area (Å²) in [5.41, 5.74) is 3.45. The predicted molar refractivity (Wildman–Crippen MR) is 142 cm³/mol. The Balaban J connectivity index is 1.25. The van der Waals surface area contributed by atoms with E-state index in [1.54, 1.807) is 5.48 Å². The average molecular weight is 562 g/mol. The summed E-state index contributed by atoms with van der Waals surface area (Å²) in [4.78, 5) is 26.8. The first kappa shape index (κ1) is 27.6. The summed E-state index contributed by atoms with van der Waals surface area (Å²) in [5.74, 6) is -1.20. The van der Waals surface area contributed by atoms with Crippen LogP contribution in [0.4, 0.5) is 4.79 Å². The molecule has 0 aliphatic carbocycles. The summed E-state index contributed by atoms with van der Waals surface area (Å²) >= 11 is 0. The van der Waals surface area contributed by atoms with Crippen LogP contribution in [0, 0.1) is 5.41 Å². The summed E-state index contributed by atoms with van der Waals surface area (Å²) in [6, 6.07) is 6.13. The van der Waals surface area contributed by atoms with Crippen LogP contribution in [-0.4, -0.2) is 95.9 Å². The molecular weight excluding hydrogens is 526 g/mol. The molecule has 0 spiro atoms. The highest BCUT2D eigenvalue weighted by Crippen LogP contribution is 2.36. The number of nitrogens with one attached hydrogen (secondary N) is 1. The normalized spacial score (nSPS) is 22.1. The molecule has 2 saturated heterocycles. The Kier molecular flexibility index (Phi) is 7.94. The van der Waals surface area contributed by atoms with Crippen molar-refractivity contribution in [1.82, 2.24) is 24.5 Å². The second kappa shape index (κ2) is 11.2. The molecule has 0 bridgehead atoms. The van der Waals surface area contributed by atoms with Gasteiger partial charge in [-0.25, -0.2) is 18.7 Å². The fraction of sp³-hybridized carbons (Fsp3) is 0.577. The van der Waals surface area contributed by atoms with Gasteiger partial charge in [-0.15, -0.1) is 0 Å². The molecule has 1 aromatic carbocycles. The summed E-state index contributed by atoms with van der Waals surface area (Å²) < 4.78 is 41.0. The first-order valence-electron chi connectivity index (χ1n) is 13.4. The molecule has 12 nitrogen and oxygen atoms in total. The molecule has 5 rings (SSSR count). The molecule has 3 aliphatic heterocycles. The van der Waals surface area contributed by atoms with E-state index < -0.39 is 33.2 Å². The molecule has 2 fully saturated rings. The molecule has 1 aromatic heterocycles. The van der Waals surface area contributed by atoms with Gasteiger partial charge in [-0.3, -0.25) is 14.7 Å². The van der Waals surface area contributed by atoms with E-state index in [0.29, 0.717) is 26.1 Å². The molecule has 3 aliphatic rings. The molecule has 13 heteroatoms. The largest absolute Gasteiger partial charge is 0.444 e. The molecule has 0 radical (unpaired) electrons. The van der Waals surface area contributed by atoms with Crippen molar-refractivity contribution in [3.8, 4) is 0 Å². The first-order valence-corrected chi connectivity index (χ1v) is 15.0. The van der Waals surface area contributed by atoms with Crippen LogP contribution in [0.1, 0.15) is 38.2 Å². The average Bonchev–Trinajstić information content (AvgIpc) is 3.62. The highest BCUT2D eigenvalue weighted by Gasteiger charge is 2.47. The fourth-order valence-corrected chi connectivity index (χ4v) is 7.60. The van der Waals surface area contributed by atoms with Crippen LogP contribution in [0.3, 0.4) is 0 Å². The van der Waals surface area contributed by atoms with Gasteiger partial charge >= 0.3 is 6.09 Å². The van der Waals surface area contributed by atoms with E-state index in [9.17, 15) is 23.2 Å². The van der Waals surface area contributed by atoms with Gasteiger partial charge in [-0.2, -0.15) is 9.40 Å². The molecule has 2 aromatic rings. The number of hydrogen-bond donors (Lipinski definition) is 2. The van der Waals surface area contributed by atoms with E-state index in [0.717, 1.165) is 28.6 Å². The van der Waals surface area contributed by atoms with Crippen LogP contribution in [0.2, 0.25) is 0 Å². The van der Waals surface area contributed by atoms with Gasteiger partial charge < -0.3 is 14.4 Å². The third-order valence-electron chi connectivity index (χ3n) is 8.06. The molecule has 1 atom stereocenters. The maximum atomic E-state index is 13.5.